The smallest absolute Gasteiger partial charge is 0.295 e. The van der Waals surface area contributed by atoms with Gasteiger partial charge in [-0.25, -0.2) is 0 Å². The van der Waals surface area contributed by atoms with Crippen molar-refractivity contribution in [3.8, 4) is 0 Å². The average Bonchev–Trinajstić information content (AvgIpc) is 3.07. The van der Waals surface area contributed by atoms with Crippen molar-refractivity contribution in [1.29, 1.82) is 0 Å². The molecule has 158 valence electrons. The van der Waals surface area contributed by atoms with Gasteiger partial charge in [0, 0.05) is 16.3 Å². The molecule has 0 bridgehead atoms. The maximum atomic E-state index is 13.6. The number of fused-ring (bicyclic) bond motifs is 2. The number of amides is 1. The van der Waals surface area contributed by atoms with E-state index in [1.807, 2.05) is 19.1 Å². The molecule has 0 N–H and O–H groups in total. The number of carbonyl (C=O) groups is 2. The van der Waals surface area contributed by atoms with E-state index in [1.165, 1.54) is 11.8 Å². The fourth-order valence-corrected chi connectivity index (χ4v) is 4.40. The van der Waals surface area contributed by atoms with Gasteiger partial charge in [-0.05, 0) is 67.9 Å². The summed E-state index contributed by atoms with van der Waals surface area (Å²) in [6, 6.07) is 18.4. The molecular weight excluding hydrogens is 426 g/mol. The third kappa shape index (κ3) is 3.13. The van der Waals surface area contributed by atoms with Gasteiger partial charge in [-0.2, -0.15) is 0 Å². The molecule has 0 aliphatic carbocycles. The molecule has 1 unspecified atom stereocenters. The molecule has 0 saturated carbocycles. The van der Waals surface area contributed by atoms with Crippen molar-refractivity contribution in [2.24, 2.45) is 0 Å². The third-order valence-corrected chi connectivity index (χ3v) is 5.98. The molecule has 1 amide bonds. The van der Waals surface area contributed by atoms with Crippen LogP contribution >= 0.6 is 11.6 Å². The van der Waals surface area contributed by atoms with E-state index in [4.69, 9.17) is 16.0 Å². The second-order valence-corrected chi connectivity index (χ2v) is 8.35. The summed E-state index contributed by atoms with van der Waals surface area (Å²) in [5, 5.41) is 0.925. The third-order valence-electron chi connectivity index (χ3n) is 5.74. The van der Waals surface area contributed by atoms with Gasteiger partial charge in [0.25, 0.3) is 5.91 Å². The molecule has 1 aromatic heterocycles. The van der Waals surface area contributed by atoms with Gasteiger partial charge in [-0.1, -0.05) is 35.4 Å². The Morgan fingerprint density at radius 3 is 2.44 bits per heavy atom. The van der Waals surface area contributed by atoms with Gasteiger partial charge >= 0.3 is 0 Å². The highest BCUT2D eigenvalue weighted by atomic mass is 35.5. The summed E-state index contributed by atoms with van der Waals surface area (Å²) < 4.78 is 5.97. The van der Waals surface area contributed by atoms with E-state index in [0.29, 0.717) is 32.8 Å². The lowest BCUT2D eigenvalue weighted by molar-refractivity contribution is 0.0970. The zero-order chi connectivity index (χ0) is 22.6. The summed E-state index contributed by atoms with van der Waals surface area (Å²) in [6.07, 6.45) is 0. The molecule has 0 radical (unpaired) electrons. The van der Waals surface area contributed by atoms with Crippen LogP contribution in [0.25, 0.3) is 11.0 Å². The molecule has 1 aliphatic rings. The Balaban J connectivity index is 1.79. The SMILES string of the molecule is CC(=O)c1ccc(N2C(=O)c3oc4ccc(C)cc4c(=O)c3C2c2cccc(Cl)c2)cc1. The van der Waals surface area contributed by atoms with Crippen molar-refractivity contribution in [2.75, 3.05) is 4.90 Å². The lowest BCUT2D eigenvalue weighted by Gasteiger charge is -2.25. The minimum atomic E-state index is -0.708. The summed E-state index contributed by atoms with van der Waals surface area (Å²) >= 11 is 6.25. The van der Waals surface area contributed by atoms with E-state index in [2.05, 4.69) is 0 Å². The lowest BCUT2D eigenvalue weighted by atomic mass is 9.98. The van der Waals surface area contributed by atoms with Crippen LogP contribution < -0.4 is 10.3 Å². The molecule has 5 nitrogen and oxygen atoms in total. The Morgan fingerprint density at radius 2 is 1.75 bits per heavy atom. The molecule has 0 spiro atoms. The van der Waals surface area contributed by atoms with Crippen LogP contribution in [-0.2, 0) is 0 Å². The van der Waals surface area contributed by atoms with Crippen molar-refractivity contribution in [3.63, 3.8) is 0 Å². The van der Waals surface area contributed by atoms with E-state index >= 15 is 0 Å². The van der Waals surface area contributed by atoms with Gasteiger partial charge in [-0.15, -0.1) is 0 Å². The standard InChI is InChI=1S/C26H18ClNO4/c1-14-6-11-21-20(12-14)24(30)22-23(17-4-3-5-18(27)13-17)28(26(31)25(22)32-21)19-9-7-16(8-10-19)15(2)29/h3-13,23H,1-2H3. The van der Waals surface area contributed by atoms with E-state index in [-0.39, 0.29) is 22.5 Å². The number of halogens is 1. The average molecular weight is 444 g/mol. The number of carbonyl (C=O) groups excluding carboxylic acids is 2. The molecule has 0 saturated heterocycles. The zero-order valence-electron chi connectivity index (χ0n) is 17.4. The van der Waals surface area contributed by atoms with Crippen LogP contribution in [0.1, 0.15) is 50.6 Å². The Hall–Kier alpha value is -3.70. The first-order valence-electron chi connectivity index (χ1n) is 10.1. The molecule has 4 aromatic rings. The van der Waals surface area contributed by atoms with Crippen LogP contribution in [0.4, 0.5) is 5.69 Å². The molecule has 0 fully saturated rings. The van der Waals surface area contributed by atoms with Gasteiger partial charge in [0.2, 0.25) is 5.76 Å². The molecule has 5 rings (SSSR count). The maximum Gasteiger partial charge on any atom is 0.295 e. The number of ketones is 1. The molecule has 2 heterocycles. The van der Waals surface area contributed by atoms with Gasteiger partial charge < -0.3 is 4.42 Å². The van der Waals surface area contributed by atoms with Gasteiger partial charge in [0.05, 0.1) is 17.0 Å². The predicted molar refractivity (Wildman–Crippen MR) is 124 cm³/mol. The summed E-state index contributed by atoms with van der Waals surface area (Å²) in [5.41, 5.74) is 3.11. The van der Waals surface area contributed by atoms with E-state index in [0.717, 1.165) is 5.56 Å². The highest BCUT2D eigenvalue weighted by Gasteiger charge is 2.43. The predicted octanol–water partition coefficient (Wildman–Crippen LogP) is 5.71. The van der Waals surface area contributed by atoms with E-state index in [9.17, 15) is 14.4 Å². The largest absolute Gasteiger partial charge is 0.450 e. The van der Waals surface area contributed by atoms with E-state index < -0.39 is 11.9 Å². The first-order valence-corrected chi connectivity index (χ1v) is 10.5. The normalized spacial score (nSPS) is 15.3. The van der Waals surface area contributed by atoms with Crippen LogP contribution in [0.5, 0.6) is 0 Å². The van der Waals surface area contributed by atoms with Gasteiger partial charge in [0.15, 0.2) is 11.2 Å². The number of nitrogens with zero attached hydrogens (tertiary/aromatic N) is 1. The fourth-order valence-electron chi connectivity index (χ4n) is 4.20. The Morgan fingerprint density at radius 1 is 1.00 bits per heavy atom. The zero-order valence-corrected chi connectivity index (χ0v) is 18.1. The lowest BCUT2D eigenvalue weighted by Crippen LogP contribution is -2.29. The highest BCUT2D eigenvalue weighted by molar-refractivity contribution is 6.30. The molecule has 6 heteroatoms. The fraction of sp³-hybridized carbons (Fsp3) is 0.115. The molecule has 32 heavy (non-hydrogen) atoms. The minimum Gasteiger partial charge on any atom is -0.450 e. The maximum absolute atomic E-state index is 13.6. The highest BCUT2D eigenvalue weighted by Crippen LogP contribution is 2.41. The number of benzene rings is 3. The summed E-state index contributed by atoms with van der Waals surface area (Å²) in [5.74, 6) is -0.468. The Bertz CT molecular complexity index is 1470. The second kappa shape index (κ2) is 7.46. The van der Waals surface area contributed by atoms with Crippen LogP contribution in [0, 0.1) is 6.92 Å². The first-order chi connectivity index (χ1) is 15.3. The summed E-state index contributed by atoms with van der Waals surface area (Å²) in [4.78, 5) is 40.4. The van der Waals surface area contributed by atoms with Gasteiger partial charge in [0.1, 0.15) is 5.58 Å². The monoisotopic (exact) mass is 443 g/mol. The minimum absolute atomic E-state index is 0.0203. The van der Waals surface area contributed by atoms with Crippen LogP contribution in [0.2, 0.25) is 5.02 Å². The van der Waals surface area contributed by atoms with Crippen molar-refractivity contribution in [2.45, 2.75) is 19.9 Å². The second-order valence-electron chi connectivity index (χ2n) is 7.91. The van der Waals surface area contributed by atoms with Crippen molar-refractivity contribution >= 4 is 39.9 Å². The molecule has 3 aromatic carbocycles. The number of anilines is 1. The Labute approximate surface area is 188 Å². The van der Waals surface area contributed by atoms with Crippen molar-refractivity contribution in [1.82, 2.24) is 0 Å². The number of rotatable bonds is 3. The van der Waals surface area contributed by atoms with Crippen molar-refractivity contribution in [3.05, 3.63) is 110 Å². The van der Waals surface area contributed by atoms with Crippen molar-refractivity contribution < 1.29 is 14.0 Å². The summed E-state index contributed by atoms with van der Waals surface area (Å²) in [7, 11) is 0. The molecular formula is C26H18ClNO4. The number of hydrogen-bond acceptors (Lipinski definition) is 4. The van der Waals surface area contributed by atoms with E-state index in [1.54, 1.807) is 54.6 Å². The quantitative estimate of drug-likeness (QED) is 0.380. The van der Waals surface area contributed by atoms with Crippen LogP contribution in [0.3, 0.4) is 0 Å². The number of hydrogen-bond donors (Lipinski definition) is 0. The topological polar surface area (TPSA) is 67.6 Å². The number of aryl methyl sites for hydroxylation is 1. The first kappa shape index (κ1) is 20.2. The van der Waals surface area contributed by atoms with Gasteiger partial charge in [-0.3, -0.25) is 19.3 Å². The number of Topliss-reactive ketones (excluding diaryl/α,β-unsaturated/α-hetero) is 1. The van der Waals surface area contributed by atoms with Crippen LogP contribution in [-0.4, -0.2) is 11.7 Å². The molecule has 1 atom stereocenters. The Kier molecular flexibility index (Phi) is 4.72. The summed E-state index contributed by atoms with van der Waals surface area (Å²) in [6.45, 7) is 3.38. The molecule has 1 aliphatic heterocycles. The van der Waals surface area contributed by atoms with Crippen LogP contribution in [0.15, 0.2) is 75.9 Å².